The molecule has 1 N–H and O–H groups in total. The Morgan fingerprint density at radius 1 is 1.54 bits per heavy atom. The van der Waals surface area contributed by atoms with E-state index in [2.05, 4.69) is 12.2 Å². The lowest BCUT2D eigenvalue weighted by Gasteiger charge is -2.00. The van der Waals surface area contributed by atoms with Gasteiger partial charge >= 0.3 is 0 Å². The molecule has 0 aliphatic heterocycles. The van der Waals surface area contributed by atoms with Gasteiger partial charge in [-0.3, -0.25) is 4.79 Å². The third-order valence-electron chi connectivity index (χ3n) is 2.23. The fraction of sp³-hybridized carbons (Fsp3) is 0.727. The van der Waals surface area contributed by atoms with Crippen LogP contribution in [0.5, 0.6) is 0 Å². The molecule has 0 aromatic heterocycles. The van der Waals surface area contributed by atoms with Gasteiger partial charge in [-0.05, 0) is 32.6 Å². The van der Waals surface area contributed by atoms with E-state index in [9.17, 15) is 4.79 Å². The first-order valence-corrected chi connectivity index (χ1v) is 5.20. The molecular weight excluding hydrogens is 162 g/mol. The van der Waals surface area contributed by atoms with Gasteiger partial charge in [-0.15, -0.1) is 0 Å². The minimum Gasteiger partial charge on any atom is -0.350 e. The molecule has 1 amide bonds. The molecule has 1 rings (SSSR count). The molecule has 1 fully saturated rings. The fourth-order valence-electron chi connectivity index (χ4n) is 1.22. The van der Waals surface area contributed by atoms with E-state index in [4.69, 9.17) is 0 Å². The molecule has 1 aliphatic carbocycles. The van der Waals surface area contributed by atoms with Crippen molar-refractivity contribution in [1.82, 2.24) is 5.32 Å². The van der Waals surface area contributed by atoms with E-state index in [1.165, 1.54) is 18.4 Å². The third-order valence-corrected chi connectivity index (χ3v) is 2.23. The van der Waals surface area contributed by atoms with Gasteiger partial charge < -0.3 is 5.32 Å². The minimum atomic E-state index is 0.0936. The second-order valence-electron chi connectivity index (χ2n) is 3.88. The Labute approximate surface area is 80.4 Å². The van der Waals surface area contributed by atoms with Crippen molar-refractivity contribution in [3.05, 3.63) is 11.6 Å². The van der Waals surface area contributed by atoms with Crippen molar-refractivity contribution in [2.24, 2.45) is 0 Å². The highest BCUT2D eigenvalue weighted by molar-refractivity contribution is 5.88. The molecule has 2 heteroatoms. The molecule has 0 unspecified atom stereocenters. The smallest absolute Gasteiger partial charge is 0.244 e. The Morgan fingerprint density at radius 3 is 2.77 bits per heavy atom. The molecule has 1 aliphatic rings. The van der Waals surface area contributed by atoms with Crippen LogP contribution in [0.15, 0.2) is 11.6 Å². The van der Waals surface area contributed by atoms with Crippen LogP contribution >= 0.6 is 0 Å². The molecule has 0 heterocycles. The number of amides is 1. The van der Waals surface area contributed by atoms with Gasteiger partial charge in [0.25, 0.3) is 0 Å². The lowest BCUT2D eigenvalue weighted by atomic mass is 10.1. The van der Waals surface area contributed by atoms with Gasteiger partial charge in [0.15, 0.2) is 0 Å². The minimum absolute atomic E-state index is 0.0936. The van der Waals surface area contributed by atoms with Gasteiger partial charge in [-0.25, -0.2) is 0 Å². The lowest BCUT2D eigenvalue weighted by Crippen LogP contribution is -2.23. The quantitative estimate of drug-likeness (QED) is 0.648. The molecule has 0 saturated heterocycles. The van der Waals surface area contributed by atoms with Gasteiger partial charge in [0, 0.05) is 12.1 Å². The number of rotatable bonds is 5. The Hall–Kier alpha value is -0.790. The van der Waals surface area contributed by atoms with E-state index in [0.29, 0.717) is 6.04 Å². The van der Waals surface area contributed by atoms with Crippen LogP contribution in [-0.4, -0.2) is 11.9 Å². The van der Waals surface area contributed by atoms with Crippen LogP contribution in [0.1, 0.15) is 46.0 Å². The fourth-order valence-corrected chi connectivity index (χ4v) is 1.22. The van der Waals surface area contributed by atoms with E-state index in [-0.39, 0.29) is 5.91 Å². The number of carbonyl (C=O) groups is 1. The summed E-state index contributed by atoms with van der Waals surface area (Å²) in [6.07, 6.45) is 7.48. The van der Waals surface area contributed by atoms with Crippen LogP contribution in [0.2, 0.25) is 0 Å². The Morgan fingerprint density at radius 2 is 2.23 bits per heavy atom. The van der Waals surface area contributed by atoms with Gasteiger partial charge in [0.05, 0.1) is 0 Å². The zero-order valence-electron chi connectivity index (χ0n) is 8.60. The summed E-state index contributed by atoms with van der Waals surface area (Å²) < 4.78 is 0. The van der Waals surface area contributed by atoms with E-state index in [1.54, 1.807) is 6.08 Å². The molecule has 0 radical (unpaired) electrons. The summed E-state index contributed by atoms with van der Waals surface area (Å²) in [4.78, 5) is 11.3. The number of carbonyl (C=O) groups excluding carboxylic acids is 1. The zero-order valence-corrected chi connectivity index (χ0v) is 8.60. The molecule has 13 heavy (non-hydrogen) atoms. The van der Waals surface area contributed by atoms with Gasteiger partial charge in [0.1, 0.15) is 0 Å². The molecule has 0 spiro atoms. The largest absolute Gasteiger partial charge is 0.350 e. The maximum atomic E-state index is 11.3. The van der Waals surface area contributed by atoms with Gasteiger partial charge in [0.2, 0.25) is 5.91 Å². The van der Waals surface area contributed by atoms with Crippen LogP contribution in [-0.2, 0) is 4.79 Å². The highest BCUT2D eigenvalue weighted by Crippen LogP contribution is 2.18. The molecule has 0 atom stereocenters. The second kappa shape index (κ2) is 5.05. The maximum absolute atomic E-state index is 11.3. The Bertz CT molecular complexity index is 204. The highest BCUT2D eigenvalue weighted by atomic mass is 16.1. The van der Waals surface area contributed by atoms with Crippen LogP contribution in [0.3, 0.4) is 0 Å². The number of hydrogen-bond acceptors (Lipinski definition) is 1. The Balaban J connectivity index is 2.21. The van der Waals surface area contributed by atoms with Crippen LogP contribution in [0.4, 0.5) is 0 Å². The van der Waals surface area contributed by atoms with Crippen molar-refractivity contribution in [2.45, 2.75) is 52.0 Å². The second-order valence-corrected chi connectivity index (χ2v) is 3.88. The third kappa shape index (κ3) is 4.71. The summed E-state index contributed by atoms with van der Waals surface area (Å²) in [5.41, 5.74) is 1.19. The number of unbranched alkanes of at least 4 members (excludes halogenated alkanes) is 1. The molecule has 74 valence electrons. The van der Waals surface area contributed by atoms with Gasteiger partial charge in [-0.2, -0.15) is 0 Å². The molecule has 0 bridgehead atoms. The standard InChI is InChI=1S/C11H19NO/c1-3-4-5-9(2)8-11(13)12-10-6-7-10/h8,10H,3-7H2,1-2H3,(H,12,13)/b9-8+. The summed E-state index contributed by atoms with van der Waals surface area (Å²) in [7, 11) is 0. The molecule has 1 saturated carbocycles. The van der Waals surface area contributed by atoms with Crippen LogP contribution < -0.4 is 5.32 Å². The zero-order chi connectivity index (χ0) is 9.68. The monoisotopic (exact) mass is 181 g/mol. The average Bonchev–Trinajstić information content (AvgIpc) is 2.84. The van der Waals surface area contributed by atoms with Crippen molar-refractivity contribution < 1.29 is 4.79 Å². The lowest BCUT2D eigenvalue weighted by molar-refractivity contribution is -0.116. The van der Waals surface area contributed by atoms with E-state index < -0.39 is 0 Å². The summed E-state index contributed by atoms with van der Waals surface area (Å²) >= 11 is 0. The topological polar surface area (TPSA) is 29.1 Å². The molecule has 0 aromatic carbocycles. The maximum Gasteiger partial charge on any atom is 0.244 e. The predicted molar refractivity (Wildman–Crippen MR) is 54.4 cm³/mol. The normalized spacial score (nSPS) is 17.2. The van der Waals surface area contributed by atoms with E-state index in [1.807, 2.05) is 6.92 Å². The first kappa shape index (κ1) is 10.3. The van der Waals surface area contributed by atoms with Crippen molar-refractivity contribution in [2.75, 3.05) is 0 Å². The average molecular weight is 181 g/mol. The van der Waals surface area contributed by atoms with Crippen LogP contribution in [0.25, 0.3) is 0 Å². The Kier molecular flexibility index (Phi) is 4.00. The van der Waals surface area contributed by atoms with Crippen molar-refractivity contribution in [3.63, 3.8) is 0 Å². The SMILES string of the molecule is CCCC/C(C)=C/C(=O)NC1CC1. The van der Waals surface area contributed by atoms with E-state index >= 15 is 0 Å². The molecule has 2 nitrogen and oxygen atoms in total. The highest BCUT2D eigenvalue weighted by Gasteiger charge is 2.22. The van der Waals surface area contributed by atoms with Crippen molar-refractivity contribution in [3.8, 4) is 0 Å². The summed E-state index contributed by atoms with van der Waals surface area (Å²) in [5, 5.41) is 2.95. The first-order chi connectivity index (χ1) is 6.22. The number of allylic oxidation sites excluding steroid dienone is 1. The number of nitrogens with one attached hydrogen (secondary N) is 1. The molecular formula is C11H19NO. The van der Waals surface area contributed by atoms with Crippen LogP contribution in [0, 0.1) is 0 Å². The predicted octanol–water partition coefficient (Wildman–Crippen LogP) is 2.40. The summed E-state index contributed by atoms with van der Waals surface area (Å²) in [5.74, 6) is 0.0936. The molecule has 0 aromatic rings. The summed E-state index contributed by atoms with van der Waals surface area (Å²) in [6.45, 7) is 4.19. The van der Waals surface area contributed by atoms with Crippen molar-refractivity contribution in [1.29, 1.82) is 0 Å². The first-order valence-electron chi connectivity index (χ1n) is 5.20. The number of hydrogen-bond donors (Lipinski definition) is 1. The van der Waals surface area contributed by atoms with Crippen molar-refractivity contribution >= 4 is 5.91 Å². The summed E-state index contributed by atoms with van der Waals surface area (Å²) in [6, 6.07) is 0.475. The van der Waals surface area contributed by atoms with E-state index in [0.717, 1.165) is 19.3 Å². The van der Waals surface area contributed by atoms with Gasteiger partial charge in [-0.1, -0.05) is 18.9 Å².